The summed E-state index contributed by atoms with van der Waals surface area (Å²) in [5.41, 5.74) is 4.55. The molecule has 3 rings (SSSR count). The number of methoxy groups -OCH3 is 1. The second-order valence-corrected chi connectivity index (χ2v) is 8.85. The van der Waals surface area contributed by atoms with Crippen LogP contribution in [0.4, 0.5) is 0 Å². The minimum absolute atomic E-state index is 0.0766. The quantitative estimate of drug-likeness (QED) is 0.702. The SMILES string of the molecule is C=C(C)c1nc(C(=O)N(C)C(C)(C)C)n2c1-c1cc(Br)c(OC)cc1CC2. The smallest absolute Gasteiger partial charge is 0.290 e. The Morgan fingerprint density at radius 2 is 2.04 bits per heavy atom. The van der Waals surface area contributed by atoms with Crippen LogP contribution in [-0.4, -0.2) is 40.1 Å². The molecule has 1 aromatic heterocycles. The highest BCUT2D eigenvalue weighted by molar-refractivity contribution is 9.10. The van der Waals surface area contributed by atoms with Crippen molar-refractivity contribution in [1.82, 2.24) is 14.5 Å². The fourth-order valence-corrected chi connectivity index (χ4v) is 3.78. The predicted molar refractivity (Wildman–Crippen MR) is 112 cm³/mol. The third-order valence-corrected chi connectivity index (χ3v) is 5.73. The molecule has 1 aromatic carbocycles. The van der Waals surface area contributed by atoms with Gasteiger partial charge in [0.15, 0.2) is 5.82 Å². The number of ether oxygens (including phenoxy) is 1. The molecule has 0 aliphatic carbocycles. The number of halogens is 1. The maximum Gasteiger partial charge on any atom is 0.290 e. The first-order valence-electron chi connectivity index (χ1n) is 8.97. The van der Waals surface area contributed by atoms with Crippen molar-refractivity contribution < 1.29 is 9.53 Å². The third-order valence-electron chi connectivity index (χ3n) is 5.11. The van der Waals surface area contributed by atoms with Gasteiger partial charge in [-0.1, -0.05) is 6.58 Å². The summed E-state index contributed by atoms with van der Waals surface area (Å²) in [6.45, 7) is 12.8. The predicted octanol–water partition coefficient (Wildman–Crippen LogP) is 4.78. The monoisotopic (exact) mass is 431 g/mol. The van der Waals surface area contributed by atoms with Gasteiger partial charge in [-0.2, -0.15) is 0 Å². The number of hydrogen-bond donors (Lipinski definition) is 0. The average molecular weight is 432 g/mol. The van der Waals surface area contributed by atoms with Gasteiger partial charge in [0.1, 0.15) is 5.75 Å². The van der Waals surface area contributed by atoms with Crippen molar-refractivity contribution in [3.8, 4) is 17.0 Å². The number of carbonyl (C=O) groups excluding carboxylic acids is 1. The summed E-state index contributed by atoms with van der Waals surface area (Å²) in [6, 6.07) is 4.11. The molecule has 5 nitrogen and oxygen atoms in total. The molecule has 0 radical (unpaired) electrons. The van der Waals surface area contributed by atoms with Gasteiger partial charge in [0.05, 0.1) is 23.0 Å². The summed E-state index contributed by atoms with van der Waals surface area (Å²) < 4.78 is 8.36. The van der Waals surface area contributed by atoms with Crippen molar-refractivity contribution in [1.29, 1.82) is 0 Å². The minimum atomic E-state index is -0.282. The Morgan fingerprint density at radius 1 is 1.37 bits per heavy atom. The number of aryl methyl sites for hydroxylation is 1. The first kappa shape index (κ1) is 19.7. The first-order chi connectivity index (χ1) is 12.6. The van der Waals surface area contributed by atoms with Crippen molar-refractivity contribution in [3.05, 3.63) is 40.3 Å². The normalized spacial score (nSPS) is 13.0. The number of fused-ring (bicyclic) bond motifs is 3. The number of hydrogen-bond acceptors (Lipinski definition) is 3. The Labute approximate surface area is 169 Å². The lowest BCUT2D eigenvalue weighted by Crippen LogP contribution is -2.43. The van der Waals surface area contributed by atoms with E-state index in [0.29, 0.717) is 12.4 Å². The fourth-order valence-electron chi connectivity index (χ4n) is 3.27. The summed E-state index contributed by atoms with van der Waals surface area (Å²) in [6.07, 6.45) is 0.817. The zero-order valence-electron chi connectivity index (χ0n) is 16.8. The summed E-state index contributed by atoms with van der Waals surface area (Å²) >= 11 is 3.58. The van der Waals surface area contributed by atoms with Crippen LogP contribution < -0.4 is 4.74 Å². The van der Waals surface area contributed by atoms with Crippen LogP contribution >= 0.6 is 15.9 Å². The summed E-state index contributed by atoms with van der Waals surface area (Å²) in [5, 5.41) is 0. The Kier molecular flexibility index (Phi) is 4.97. The molecule has 6 heteroatoms. The molecule has 1 amide bonds. The Hall–Kier alpha value is -2.08. The number of benzene rings is 1. The Bertz CT molecular complexity index is 938. The van der Waals surface area contributed by atoms with Gasteiger partial charge in [-0.25, -0.2) is 4.98 Å². The summed E-state index contributed by atoms with van der Waals surface area (Å²) in [5.74, 6) is 1.20. The lowest BCUT2D eigenvalue weighted by Gasteiger charge is -2.32. The van der Waals surface area contributed by atoms with E-state index in [4.69, 9.17) is 9.72 Å². The van der Waals surface area contributed by atoms with Crippen LogP contribution in [0.3, 0.4) is 0 Å². The molecule has 0 unspecified atom stereocenters. The zero-order chi connectivity index (χ0) is 20.1. The fraction of sp³-hybridized carbons (Fsp3) is 0.429. The number of rotatable bonds is 3. The molecule has 144 valence electrons. The van der Waals surface area contributed by atoms with E-state index >= 15 is 0 Å². The van der Waals surface area contributed by atoms with Crippen LogP contribution in [0.5, 0.6) is 5.75 Å². The molecule has 0 atom stereocenters. The van der Waals surface area contributed by atoms with E-state index in [9.17, 15) is 4.79 Å². The highest BCUT2D eigenvalue weighted by Gasteiger charge is 2.32. The van der Waals surface area contributed by atoms with Crippen molar-refractivity contribution in [2.24, 2.45) is 0 Å². The standard InChI is InChI=1S/C21H26BrN3O2/c1-12(2)17-18-14-11-15(22)16(27-7)10-13(14)8-9-25(18)19(23-17)20(26)24(6)21(3,4)5/h10-11H,1,8-9H2,2-7H3. The second kappa shape index (κ2) is 6.82. The Morgan fingerprint density at radius 3 is 2.59 bits per heavy atom. The lowest BCUT2D eigenvalue weighted by molar-refractivity contribution is 0.0638. The number of allylic oxidation sites excluding steroid dienone is 1. The molecule has 27 heavy (non-hydrogen) atoms. The topological polar surface area (TPSA) is 47.4 Å². The Balaban J connectivity index is 2.22. The van der Waals surface area contributed by atoms with E-state index in [1.54, 1.807) is 12.0 Å². The molecular formula is C21H26BrN3O2. The molecule has 0 fully saturated rings. The number of nitrogens with zero attached hydrogens (tertiary/aromatic N) is 3. The molecule has 0 N–H and O–H groups in total. The van der Waals surface area contributed by atoms with Gasteiger partial charge in [-0.05, 0) is 73.3 Å². The molecule has 2 heterocycles. The number of amides is 1. The maximum absolute atomic E-state index is 13.2. The average Bonchev–Trinajstić information content (AvgIpc) is 2.99. The van der Waals surface area contributed by atoms with Gasteiger partial charge in [0, 0.05) is 24.7 Å². The second-order valence-electron chi connectivity index (χ2n) is 7.99. The van der Waals surface area contributed by atoms with E-state index in [1.807, 2.05) is 39.3 Å². The molecule has 1 aliphatic rings. The van der Waals surface area contributed by atoms with E-state index in [2.05, 4.69) is 34.6 Å². The van der Waals surface area contributed by atoms with E-state index < -0.39 is 0 Å². The van der Waals surface area contributed by atoms with Gasteiger partial charge in [-0.3, -0.25) is 4.79 Å². The molecular weight excluding hydrogens is 406 g/mol. The summed E-state index contributed by atoms with van der Waals surface area (Å²) in [7, 11) is 3.49. The molecule has 0 bridgehead atoms. The molecule has 1 aliphatic heterocycles. The lowest BCUT2D eigenvalue weighted by atomic mass is 9.95. The van der Waals surface area contributed by atoms with Crippen LogP contribution in [-0.2, 0) is 13.0 Å². The van der Waals surface area contributed by atoms with Crippen LogP contribution in [0.2, 0.25) is 0 Å². The first-order valence-corrected chi connectivity index (χ1v) is 9.77. The van der Waals surface area contributed by atoms with Crippen molar-refractivity contribution in [3.63, 3.8) is 0 Å². The van der Waals surface area contributed by atoms with E-state index in [0.717, 1.165) is 39.2 Å². The van der Waals surface area contributed by atoms with Crippen LogP contribution in [0.25, 0.3) is 16.8 Å². The van der Waals surface area contributed by atoms with Gasteiger partial charge < -0.3 is 14.2 Å². The highest BCUT2D eigenvalue weighted by atomic mass is 79.9. The minimum Gasteiger partial charge on any atom is -0.496 e. The van der Waals surface area contributed by atoms with Gasteiger partial charge in [0.2, 0.25) is 0 Å². The van der Waals surface area contributed by atoms with Gasteiger partial charge in [-0.15, -0.1) is 0 Å². The zero-order valence-corrected chi connectivity index (χ0v) is 18.4. The number of imidazole rings is 1. The van der Waals surface area contributed by atoms with Crippen LogP contribution in [0.15, 0.2) is 23.2 Å². The largest absolute Gasteiger partial charge is 0.496 e. The molecule has 2 aromatic rings. The maximum atomic E-state index is 13.2. The number of aromatic nitrogens is 2. The van der Waals surface area contributed by atoms with Crippen LogP contribution in [0, 0.1) is 0 Å². The molecule has 0 spiro atoms. The van der Waals surface area contributed by atoms with E-state index in [1.165, 1.54) is 5.56 Å². The summed E-state index contributed by atoms with van der Waals surface area (Å²) in [4.78, 5) is 19.6. The third kappa shape index (κ3) is 3.31. The van der Waals surface area contributed by atoms with Gasteiger partial charge in [0.25, 0.3) is 5.91 Å². The van der Waals surface area contributed by atoms with Crippen molar-refractivity contribution in [2.75, 3.05) is 14.2 Å². The van der Waals surface area contributed by atoms with Crippen molar-refractivity contribution in [2.45, 2.75) is 46.2 Å². The number of carbonyl (C=O) groups is 1. The van der Waals surface area contributed by atoms with Gasteiger partial charge >= 0.3 is 0 Å². The van der Waals surface area contributed by atoms with Crippen LogP contribution in [0.1, 0.15) is 49.6 Å². The van der Waals surface area contributed by atoms with Crippen molar-refractivity contribution >= 4 is 27.4 Å². The molecule has 0 saturated carbocycles. The van der Waals surface area contributed by atoms with E-state index in [-0.39, 0.29) is 11.4 Å². The molecule has 0 saturated heterocycles. The highest BCUT2D eigenvalue weighted by Crippen LogP contribution is 2.40.